The lowest BCUT2D eigenvalue weighted by molar-refractivity contribution is -0.111. The molecule has 11 heteroatoms. The Morgan fingerprint density at radius 3 is 2.15 bits per heavy atom. The van der Waals surface area contributed by atoms with E-state index in [9.17, 15) is 9.59 Å². The van der Waals surface area contributed by atoms with Crippen LogP contribution in [0.4, 0.5) is 5.00 Å². The van der Waals surface area contributed by atoms with Crippen molar-refractivity contribution >= 4 is 74.8 Å². The number of thiol groups is 2. The first-order chi connectivity index (χ1) is 12.3. The maximum absolute atomic E-state index is 10.5. The standard InChI is InChI=1S/C8H7ClN2OS2.C7H10N2OS2/c9-8-5(4-10)14-6(11-8)2-1-3-7(12)13;8-5-4-9-6(12-5)2-1-3-7(10)11/h1-3H2,(H,12,13);4H,1-3,8H2,(H,10,11). The Balaban J connectivity index is 0.000000263. The van der Waals surface area contributed by atoms with Crippen LogP contribution in [0.1, 0.15) is 40.6 Å². The summed E-state index contributed by atoms with van der Waals surface area (Å²) in [6.45, 7) is 0. The molecule has 0 bridgehead atoms. The minimum Gasteiger partial charge on any atom is -0.389 e. The van der Waals surface area contributed by atoms with Gasteiger partial charge in [-0.15, -0.1) is 47.9 Å². The van der Waals surface area contributed by atoms with E-state index in [0.717, 1.165) is 27.9 Å². The average molecular weight is 449 g/mol. The van der Waals surface area contributed by atoms with Crippen molar-refractivity contribution in [3.05, 3.63) is 26.2 Å². The van der Waals surface area contributed by atoms with E-state index in [1.165, 1.54) is 22.7 Å². The zero-order valence-corrected chi connectivity index (χ0v) is 17.8. The Kier molecular flexibility index (Phi) is 10.8. The molecule has 0 fully saturated rings. The lowest BCUT2D eigenvalue weighted by Gasteiger charge is -1.92. The summed E-state index contributed by atoms with van der Waals surface area (Å²) in [5.74, 6) is 0. The number of nitrogens with two attached hydrogens (primary N) is 1. The van der Waals surface area contributed by atoms with E-state index in [4.69, 9.17) is 22.6 Å². The lowest BCUT2D eigenvalue weighted by Crippen LogP contribution is -1.89. The van der Waals surface area contributed by atoms with E-state index in [1.807, 2.05) is 6.07 Å². The number of carbonyl (C=O) groups is 2. The topological polar surface area (TPSA) is 110 Å². The van der Waals surface area contributed by atoms with Gasteiger partial charge in [-0.3, -0.25) is 9.59 Å². The maximum Gasteiger partial charge on any atom is 0.185 e. The Hall–Kier alpha value is -1.12. The molecule has 2 aromatic rings. The van der Waals surface area contributed by atoms with Crippen molar-refractivity contribution in [3.63, 3.8) is 0 Å². The number of aromatic nitrogens is 2. The van der Waals surface area contributed by atoms with Crippen LogP contribution in [0.2, 0.25) is 5.15 Å². The van der Waals surface area contributed by atoms with Crippen molar-refractivity contribution in [2.75, 3.05) is 5.73 Å². The smallest absolute Gasteiger partial charge is 0.185 e. The Labute approximate surface area is 175 Å². The monoisotopic (exact) mass is 448 g/mol. The number of hydrogen-bond donors (Lipinski definition) is 3. The summed E-state index contributed by atoms with van der Waals surface area (Å²) in [7, 11) is 0. The number of rotatable bonds is 8. The molecule has 6 nitrogen and oxygen atoms in total. The van der Waals surface area contributed by atoms with Crippen molar-refractivity contribution in [3.8, 4) is 6.07 Å². The highest BCUT2D eigenvalue weighted by molar-refractivity contribution is 7.96. The largest absolute Gasteiger partial charge is 0.389 e. The van der Waals surface area contributed by atoms with Gasteiger partial charge in [-0.05, 0) is 25.7 Å². The average Bonchev–Trinajstić information content (AvgIpc) is 3.12. The predicted molar refractivity (Wildman–Crippen MR) is 112 cm³/mol. The van der Waals surface area contributed by atoms with Gasteiger partial charge in [0.25, 0.3) is 0 Å². The van der Waals surface area contributed by atoms with Crippen LogP contribution < -0.4 is 5.73 Å². The first kappa shape index (κ1) is 22.9. The molecule has 26 heavy (non-hydrogen) atoms. The molecule has 2 aromatic heterocycles. The second-order valence-corrected chi connectivity index (χ2v) is 8.58. The second-order valence-electron chi connectivity index (χ2n) is 4.99. The SMILES string of the molecule is N#Cc1sc(CCCC(=O)S)nc1Cl.Nc1cnc(CCCC(=O)S)s1. The first-order valence-corrected chi connectivity index (χ1v) is 10.4. The van der Waals surface area contributed by atoms with Crippen LogP contribution in [0.5, 0.6) is 0 Å². The molecule has 0 aliphatic carbocycles. The molecule has 0 atom stereocenters. The van der Waals surface area contributed by atoms with Crippen LogP contribution >= 0.6 is 59.5 Å². The van der Waals surface area contributed by atoms with Gasteiger partial charge in [0.2, 0.25) is 0 Å². The van der Waals surface area contributed by atoms with Crippen LogP contribution in [0.3, 0.4) is 0 Å². The molecule has 2 rings (SSSR count). The van der Waals surface area contributed by atoms with Crippen LogP contribution in [0, 0.1) is 11.3 Å². The van der Waals surface area contributed by atoms with Gasteiger partial charge < -0.3 is 5.73 Å². The fourth-order valence-electron chi connectivity index (χ4n) is 1.74. The number of nitrogens with zero attached hydrogens (tertiary/aromatic N) is 3. The summed E-state index contributed by atoms with van der Waals surface area (Å²) < 4.78 is 0. The van der Waals surface area contributed by atoms with Crippen LogP contribution in [-0.2, 0) is 22.4 Å². The molecule has 2 N–H and O–H groups in total. The summed E-state index contributed by atoms with van der Waals surface area (Å²) in [6, 6.07) is 1.96. The summed E-state index contributed by atoms with van der Waals surface area (Å²) in [5.41, 5.74) is 5.48. The molecule has 0 aromatic carbocycles. The molecule has 0 unspecified atom stereocenters. The number of carbonyl (C=O) groups excluding carboxylic acids is 2. The van der Waals surface area contributed by atoms with Gasteiger partial charge in [-0.1, -0.05) is 11.6 Å². The van der Waals surface area contributed by atoms with Crippen LogP contribution in [-0.4, -0.2) is 20.2 Å². The van der Waals surface area contributed by atoms with Crippen molar-refractivity contribution in [2.45, 2.75) is 38.5 Å². The highest BCUT2D eigenvalue weighted by Crippen LogP contribution is 2.23. The van der Waals surface area contributed by atoms with Crippen LogP contribution in [0.15, 0.2) is 6.20 Å². The normalized spacial score (nSPS) is 9.92. The minimum absolute atomic E-state index is 0.0699. The lowest BCUT2D eigenvalue weighted by atomic mass is 10.2. The fraction of sp³-hybridized carbons (Fsp3) is 0.400. The van der Waals surface area contributed by atoms with E-state index in [1.54, 1.807) is 6.20 Å². The molecule has 0 radical (unpaired) electrons. The zero-order chi connectivity index (χ0) is 19.5. The second kappa shape index (κ2) is 12.3. The van der Waals surface area contributed by atoms with Crippen molar-refractivity contribution in [1.29, 1.82) is 5.26 Å². The third-order valence-electron chi connectivity index (χ3n) is 2.87. The number of nitrogen functional groups attached to an aromatic ring is 1. The molecule has 2 heterocycles. The highest BCUT2D eigenvalue weighted by atomic mass is 35.5. The Morgan fingerprint density at radius 1 is 1.15 bits per heavy atom. The highest BCUT2D eigenvalue weighted by Gasteiger charge is 2.08. The van der Waals surface area contributed by atoms with E-state index >= 15 is 0 Å². The zero-order valence-electron chi connectivity index (χ0n) is 13.6. The molecular weight excluding hydrogens is 432 g/mol. The van der Waals surface area contributed by atoms with Crippen molar-refractivity contribution in [2.24, 2.45) is 0 Å². The molecule has 140 valence electrons. The van der Waals surface area contributed by atoms with Crippen molar-refractivity contribution < 1.29 is 9.59 Å². The first-order valence-electron chi connectivity index (χ1n) is 7.51. The number of anilines is 1. The number of nitriles is 1. The Morgan fingerprint density at radius 2 is 1.73 bits per heavy atom. The van der Waals surface area contributed by atoms with E-state index in [-0.39, 0.29) is 15.4 Å². The molecular formula is C15H17ClN4O2S4. The van der Waals surface area contributed by atoms with Crippen molar-refractivity contribution in [1.82, 2.24) is 9.97 Å². The molecule has 0 spiro atoms. The van der Waals surface area contributed by atoms with Gasteiger partial charge in [0, 0.05) is 12.8 Å². The van der Waals surface area contributed by atoms with E-state index in [0.29, 0.717) is 30.6 Å². The molecule has 0 saturated heterocycles. The molecule has 0 amide bonds. The third-order valence-corrected chi connectivity index (χ3v) is 5.60. The van der Waals surface area contributed by atoms with Crippen LogP contribution in [0.25, 0.3) is 0 Å². The summed E-state index contributed by atoms with van der Waals surface area (Å²) in [6.07, 6.45) is 5.53. The summed E-state index contributed by atoms with van der Waals surface area (Å²) >= 11 is 15.7. The maximum atomic E-state index is 10.5. The van der Waals surface area contributed by atoms with Gasteiger partial charge in [-0.2, -0.15) is 5.26 Å². The molecule has 0 aliphatic heterocycles. The number of halogens is 1. The fourth-order valence-corrected chi connectivity index (χ4v) is 3.89. The minimum atomic E-state index is -0.131. The number of hydrogen-bond acceptors (Lipinski definition) is 8. The van der Waals surface area contributed by atoms with Gasteiger partial charge in [0.1, 0.15) is 15.9 Å². The number of thiazole rings is 2. The third kappa shape index (κ3) is 9.54. The van der Waals surface area contributed by atoms with Gasteiger partial charge >= 0.3 is 0 Å². The van der Waals surface area contributed by atoms with E-state index < -0.39 is 0 Å². The summed E-state index contributed by atoms with van der Waals surface area (Å²) in [4.78, 5) is 29.5. The predicted octanol–water partition coefficient (Wildman–Crippen LogP) is 3.95. The van der Waals surface area contributed by atoms with Gasteiger partial charge in [0.15, 0.2) is 15.4 Å². The quantitative estimate of drug-likeness (QED) is 0.527. The summed E-state index contributed by atoms with van der Waals surface area (Å²) in [5, 5.41) is 11.2. The molecule has 0 saturated carbocycles. The Bertz CT molecular complexity index is 785. The van der Waals surface area contributed by atoms with Gasteiger partial charge in [-0.25, -0.2) is 9.97 Å². The van der Waals surface area contributed by atoms with E-state index in [2.05, 4.69) is 35.2 Å². The molecule has 0 aliphatic rings. The number of aryl methyl sites for hydroxylation is 2. The van der Waals surface area contributed by atoms with Gasteiger partial charge in [0.05, 0.1) is 16.2 Å².